The van der Waals surface area contributed by atoms with Crippen molar-refractivity contribution in [3.8, 4) is 0 Å². The van der Waals surface area contributed by atoms with Gasteiger partial charge < -0.3 is 9.94 Å². The van der Waals surface area contributed by atoms with Crippen LogP contribution >= 0.6 is 27.5 Å². The number of ether oxygens (including phenoxy) is 1. The number of nitrogens with zero attached hydrogens (tertiary/aromatic N) is 1. The number of hydroxylamine groups is 1. The van der Waals surface area contributed by atoms with Crippen LogP contribution in [0.1, 0.15) is 6.92 Å². The summed E-state index contributed by atoms with van der Waals surface area (Å²) in [6.45, 7) is 1.69. The standard InChI is InChI=1S/C11H8BrClN2O4/c1-2-19-11(17)9-10(16)15(18)8-4-6(13)5(12)3-7(8)14-9/h3-4,15H,2H2,1H3. The molecule has 1 unspecified atom stereocenters. The van der Waals surface area contributed by atoms with E-state index in [1.807, 2.05) is 0 Å². The van der Waals surface area contributed by atoms with E-state index < -0.39 is 22.7 Å². The van der Waals surface area contributed by atoms with Gasteiger partial charge in [-0.25, -0.2) is 14.6 Å². The maximum Gasteiger partial charge on any atom is 0.375 e. The fourth-order valence-corrected chi connectivity index (χ4v) is 2.04. The summed E-state index contributed by atoms with van der Waals surface area (Å²) in [4.78, 5) is 27.2. The average molecular weight is 348 g/mol. The molecule has 0 bridgehead atoms. The largest absolute Gasteiger partial charge is 0.621 e. The highest BCUT2D eigenvalue weighted by molar-refractivity contribution is 9.10. The number of benzene rings is 1. The molecule has 0 radical (unpaired) electrons. The van der Waals surface area contributed by atoms with Crippen molar-refractivity contribution < 1.29 is 19.4 Å². The quantitative estimate of drug-likeness (QED) is 0.645. The summed E-state index contributed by atoms with van der Waals surface area (Å²) in [6, 6.07) is 2.81. The highest BCUT2D eigenvalue weighted by Crippen LogP contribution is 2.34. The molecule has 2 rings (SSSR count). The van der Waals surface area contributed by atoms with Crippen LogP contribution in [0.5, 0.6) is 0 Å². The van der Waals surface area contributed by atoms with E-state index in [0.29, 0.717) is 4.47 Å². The highest BCUT2D eigenvalue weighted by Gasteiger charge is 2.35. The summed E-state index contributed by atoms with van der Waals surface area (Å²) in [5, 5.41) is 11.4. The number of nitrogens with one attached hydrogen (secondary N) is 1. The van der Waals surface area contributed by atoms with E-state index in [1.165, 1.54) is 12.1 Å². The molecule has 19 heavy (non-hydrogen) atoms. The molecule has 1 aliphatic heterocycles. The van der Waals surface area contributed by atoms with Crippen molar-refractivity contribution in [3.63, 3.8) is 0 Å². The number of esters is 1. The third kappa shape index (κ3) is 2.55. The average Bonchev–Trinajstić information content (AvgIpc) is 2.36. The lowest BCUT2D eigenvalue weighted by Gasteiger charge is -2.24. The zero-order valence-electron chi connectivity index (χ0n) is 9.70. The van der Waals surface area contributed by atoms with E-state index >= 15 is 0 Å². The lowest BCUT2D eigenvalue weighted by atomic mass is 10.2. The molecule has 1 atom stereocenters. The first kappa shape index (κ1) is 14.1. The summed E-state index contributed by atoms with van der Waals surface area (Å²) >= 11 is 9.04. The van der Waals surface area contributed by atoms with Crippen molar-refractivity contribution in [1.29, 1.82) is 0 Å². The molecule has 0 aliphatic carbocycles. The molecular weight excluding hydrogens is 339 g/mol. The summed E-state index contributed by atoms with van der Waals surface area (Å²) in [5.74, 6) is -1.89. The molecule has 1 aromatic carbocycles. The Morgan fingerprint density at radius 2 is 2.26 bits per heavy atom. The van der Waals surface area contributed by atoms with Crippen LogP contribution in [0, 0.1) is 5.21 Å². The smallest absolute Gasteiger partial charge is 0.375 e. The molecular formula is C11H8BrClN2O4. The molecule has 0 fully saturated rings. The Labute approximate surface area is 121 Å². The van der Waals surface area contributed by atoms with Crippen LogP contribution in [-0.2, 0) is 14.3 Å². The van der Waals surface area contributed by atoms with E-state index in [-0.39, 0.29) is 23.0 Å². The van der Waals surface area contributed by atoms with Gasteiger partial charge in [0.2, 0.25) is 0 Å². The number of hydrogen-bond acceptors (Lipinski definition) is 5. The minimum atomic E-state index is -0.982. The van der Waals surface area contributed by atoms with Gasteiger partial charge in [0, 0.05) is 10.5 Å². The molecule has 1 aliphatic rings. The van der Waals surface area contributed by atoms with Gasteiger partial charge in [0.15, 0.2) is 5.69 Å². The van der Waals surface area contributed by atoms with Crippen molar-refractivity contribution >= 4 is 56.5 Å². The van der Waals surface area contributed by atoms with Crippen LogP contribution in [0.15, 0.2) is 21.6 Å². The van der Waals surface area contributed by atoms with Crippen LogP contribution in [0.2, 0.25) is 5.02 Å². The van der Waals surface area contributed by atoms with Crippen LogP contribution in [0.3, 0.4) is 0 Å². The fourth-order valence-electron chi connectivity index (χ4n) is 1.55. The molecule has 1 amide bonds. The number of quaternary nitrogens is 1. The van der Waals surface area contributed by atoms with Crippen molar-refractivity contribution in [2.45, 2.75) is 6.92 Å². The van der Waals surface area contributed by atoms with Crippen LogP contribution < -0.4 is 5.06 Å². The van der Waals surface area contributed by atoms with Gasteiger partial charge in [0.05, 0.1) is 11.6 Å². The van der Waals surface area contributed by atoms with E-state index in [2.05, 4.69) is 25.7 Å². The van der Waals surface area contributed by atoms with E-state index in [9.17, 15) is 14.8 Å². The Kier molecular flexibility index (Phi) is 4.00. The lowest BCUT2D eigenvalue weighted by molar-refractivity contribution is -0.683. The summed E-state index contributed by atoms with van der Waals surface area (Å²) in [7, 11) is 0. The Morgan fingerprint density at radius 3 is 2.89 bits per heavy atom. The molecule has 1 N–H and O–H groups in total. The fraction of sp³-hybridized carbons (Fsp3) is 0.182. The summed E-state index contributed by atoms with van der Waals surface area (Å²) < 4.78 is 5.20. The summed E-state index contributed by atoms with van der Waals surface area (Å²) in [6.07, 6.45) is 0. The van der Waals surface area contributed by atoms with Gasteiger partial charge in [0.1, 0.15) is 5.69 Å². The van der Waals surface area contributed by atoms with E-state index in [0.717, 1.165) is 0 Å². The van der Waals surface area contributed by atoms with Crippen LogP contribution in [0.25, 0.3) is 0 Å². The van der Waals surface area contributed by atoms with Gasteiger partial charge in [0.25, 0.3) is 5.71 Å². The molecule has 1 heterocycles. The number of carbonyl (C=O) groups is 2. The first-order valence-electron chi connectivity index (χ1n) is 5.29. The predicted octanol–water partition coefficient (Wildman–Crippen LogP) is 1.29. The third-order valence-electron chi connectivity index (χ3n) is 2.41. The second-order valence-electron chi connectivity index (χ2n) is 3.62. The monoisotopic (exact) mass is 346 g/mol. The molecule has 1 aromatic rings. The number of aliphatic imine (C=N–C) groups is 1. The zero-order chi connectivity index (χ0) is 14.2. The molecule has 0 spiro atoms. The predicted molar refractivity (Wildman–Crippen MR) is 71.9 cm³/mol. The number of halogens is 2. The molecule has 0 saturated carbocycles. The Morgan fingerprint density at radius 1 is 1.58 bits per heavy atom. The molecule has 8 heteroatoms. The van der Waals surface area contributed by atoms with Crippen molar-refractivity contribution in [1.82, 2.24) is 0 Å². The van der Waals surface area contributed by atoms with Crippen molar-refractivity contribution in [2.75, 3.05) is 6.61 Å². The van der Waals surface area contributed by atoms with Crippen LogP contribution in [-0.4, -0.2) is 24.2 Å². The first-order chi connectivity index (χ1) is 8.95. The van der Waals surface area contributed by atoms with E-state index in [4.69, 9.17) is 11.6 Å². The normalized spacial score (nSPS) is 17.8. The third-order valence-corrected chi connectivity index (χ3v) is 3.60. The Hall–Kier alpha value is -1.28. The van der Waals surface area contributed by atoms with Gasteiger partial charge in [-0.05, 0) is 28.9 Å². The SMILES string of the molecule is CCOC(=O)C1=Nc2cc(Br)c(Cl)cc2[NH+]([O-])C1=O. The van der Waals surface area contributed by atoms with Gasteiger partial charge in [-0.2, -0.15) is 0 Å². The number of rotatable bonds is 2. The van der Waals surface area contributed by atoms with Crippen LogP contribution in [0.4, 0.5) is 11.4 Å². The minimum Gasteiger partial charge on any atom is -0.621 e. The topological polar surface area (TPSA) is 83.2 Å². The number of fused-ring (bicyclic) bond motifs is 1. The summed E-state index contributed by atoms with van der Waals surface area (Å²) in [5.41, 5.74) is -0.219. The number of amides is 1. The lowest BCUT2D eigenvalue weighted by Crippen LogP contribution is -3.07. The second kappa shape index (κ2) is 5.38. The molecule has 0 saturated heterocycles. The van der Waals surface area contributed by atoms with Crippen molar-refractivity contribution in [2.24, 2.45) is 4.99 Å². The number of carbonyl (C=O) groups excluding carboxylic acids is 2. The molecule has 0 aromatic heterocycles. The Balaban J connectivity index is 2.54. The van der Waals surface area contributed by atoms with Gasteiger partial charge in [-0.1, -0.05) is 11.6 Å². The minimum absolute atomic E-state index is 0.0752. The first-order valence-corrected chi connectivity index (χ1v) is 6.46. The molecule has 100 valence electrons. The second-order valence-corrected chi connectivity index (χ2v) is 4.88. The number of hydrogen-bond donors (Lipinski definition) is 1. The maximum absolute atomic E-state index is 11.9. The highest BCUT2D eigenvalue weighted by atomic mass is 79.9. The van der Waals surface area contributed by atoms with Crippen molar-refractivity contribution in [3.05, 3.63) is 26.8 Å². The maximum atomic E-state index is 11.9. The van der Waals surface area contributed by atoms with E-state index in [1.54, 1.807) is 6.92 Å². The molecule has 6 nitrogen and oxygen atoms in total. The zero-order valence-corrected chi connectivity index (χ0v) is 12.0. The van der Waals surface area contributed by atoms with Gasteiger partial charge >= 0.3 is 11.9 Å². The van der Waals surface area contributed by atoms with Gasteiger partial charge in [-0.3, -0.25) is 5.06 Å². The van der Waals surface area contributed by atoms with Gasteiger partial charge in [-0.15, -0.1) is 0 Å². The Bertz CT molecular complexity index is 603.